The summed E-state index contributed by atoms with van der Waals surface area (Å²) in [6, 6.07) is 0. The van der Waals surface area contributed by atoms with Crippen LogP contribution in [0, 0.1) is 5.92 Å². The van der Waals surface area contributed by atoms with Crippen LogP contribution in [0.1, 0.15) is 47.0 Å². The molecule has 1 unspecified atom stereocenters. The fourth-order valence-corrected chi connectivity index (χ4v) is 1.45. The highest BCUT2D eigenvalue weighted by atomic mass is 16.7. The van der Waals surface area contributed by atoms with Crippen molar-refractivity contribution in [2.24, 2.45) is 5.92 Å². The molecule has 0 rings (SSSR count). The van der Waals surface area contributed by atoms with Crippen LogP contribution in [0.5, 0.6) is 0 Å². The van der Waals surface area contributed by atoms with Crippen molar-refractivity contribution in [3.63, 3.8) is 0 Å². The average molecular weight is 200 g/mol. The van der Waals surface area contributed by atoms with Gasteiger partial charge in [0.1, 0.15) is 6.19 Å². The molecule has 3 heteroatoms. The molecule has 0 aliphatic heterocycles. The molecule has 0 saturated heterocycles. The third-order valence-electron chi connectivity index (χ3n) is 2.98. The number of unbranched alkanes of at least 4 members (excludes halogenated alkanes) is 1. The quantitative estimate of drug-likeness (QED) is 0.463. The third kappa shape index (κ3) is 5.01. The minimum absolute atomic E-state index is 0.0927. The highest BCUT2D eigenvalue weighted by molar-refractivity contribution is 6.10. The van der Waals surface area contributed by atoms with E-state index in [1.54, 1.807) is 7.11 Å². The largest absolute Gasteiger partial charge is 0.365 e. The van der Waals surface area contributed by atoms with E-state index >= 15 is 0 Å². The Morgan fingerprint density at radius 3 is 2.36 bits per heavy atom. The van der Waals surface area contributed by atoms with Gasteiger partial charge in [-0.2, -0.15) is 0 Å². The van der Waals surface area contributed by atoms with E-state index in [-0.39, 0.29) is 11.8 Å². The fourth-order valence-electron chi connectivity index (χ4n) is 1.45. The zero-order valence-electron chi connectivity index (χ0n) is 10.6. The lowest BCUT2D eigenvalue weighted by Gasteiger charge is -2.34. The highest BCUT2D eigenvalue weighted by Crippen LogP contribution is 2.26. The van der Waals surface area contributed by atoms with Crippen molar-refractivity contribution in [2.75, 3.05) is 7.11 Å². The number of hydrogen-bond acceptors (Lipinski definition) is 2. The Labute approximate surface area is 89.8 Å². The Kier molecular flexibility index (Phi) is 6.46. The fraction of sp³-hybridized carbons (Fsp3) is 1.00. The van der Waals surface area contributed by atoms with Crippen LogP contribution in [0.25, 0.3) is 0 Å². The van der Waals surface area contributed by atoms with E-state index in [1.807, 2.05) is 7.85 Å². The van der Waals surface area contributed by atoms with Crippen LogP contribution < -0.4 is 0 Å². The molecule has 0 saturated carbocycles. The van der Waals surface area contributed by atoms with Gasteiger partial charge >= 0.3 is 0 Å². The van der Waals surface area contributed by atoms with Gasteiger partial charge in [-0.15, -0.1) is 0 Å². The molecule has 0 amide bonds. The van der Waals surface area contributed by atoms with Gasteiger partial charge < -0.3 is 9.47 Å². The van der Waals surface area contributed by atoms with Crippen molar-refractivity contribution in [3.8, 4) is 0 Å². The first kappa shape index (κ1) is 14.0. The van der Waals surface area contributed by atoms with E-state index in [0.717, 1.165) is 0 Å². The predicted octanol–water partition coefficient (Wildman–Crippen LogP) is 2.17. The van der Waals surface area contributed by atoms with Gasteiger partial charge in [0.05, 0.1) is 5.60 Å². The Hall–Kier alpha value is -0.0151. The van der Waals surface area contributed by atoms with Crippen LogP contribution in [-0.2, 0) is 9.47 Å². The van der Waals surface area contributed by atoms with Crippen LogP contribution in [0.15, 0.2) is 0 Å². The van der Waals surface area contributed by atoms with Crippen molar-refractivity contribution >= 4 is 7.85 Å². The molecule has 0 fully saturated rings. The van der Waals surface area contributed by atoms with Gasteiger partial charge in [-0.1, -0.05) is 26.7 Å². The summed E-state index contributed by atoms with van der Waals surface area (Å²) in [5.74, 6) is 0.569. The number of ether oxygens (including phenoxy) is 2. The molecule has 84 valence electrons. The molecule has 0 bridgehead atoms. The van der Waals surface area contributed by atoms with Gasteiger partial charge in [-0.25, -0.2) is 0 Å². The predicted molar refractivity (Wildman–Crippen MR) is 63.2 cm³/mol. The standard InChI is InChI=1S/C11H25BO2/c1-6-7-8-9(2)11(3,4)14-10(12)13-5/h9-10H,6-8,12H2,1-5H3/t9?,10-/m0/s1. The lowest BCUT2D eigenvalue weighted by atomic mass is 9.87. The van der Waals surface area contributed by atoms with Gasteiger partial charge in [-0.05, 0) is 26.2 Å². The molecule has 0 aliphatic rings. The topological polar surface area (TPSA) is 18.5 Å². The molecule has 0 radical (unpaired) electrons. The lowest BCUT2D eigenvalue weighted by molar-refractivity contribution is -0.163. The van der Waals surface area contributed by atoms with E-state index in [4.69, 9.17) is 9.47 Å². The van der Waals surface area contributed by atoms with E-state index in [9.17, 15) is 0 Å². The van der Waals surface area contributed by atoms with E-state index in [0.29, 0.717) is 5.92 Å². The summed E-state index contributed by atoms with van der Waals surface area (Å²) in [5.41, 5.74) is -0.0927. The zero-order chi connectivity index (χ0) is 11.2. The number of rotatable bonds is 7. The van der Waals surface area contributed by atoms with Crippen molar-refractivity contribution in [3.05, 3.63) is 0 Å². The van der Waals surface area contributed by atoms with E-state index < -0.39 is 0 Å². The maximum atomic E-state index is 5.82. The normalized spacial score (nSPS) is 16.6. The molecular weight excluding hydrogens is 175 g/mol. The first-order valence-electron chi connectivity index (χ1n) is 5.64. The molecule has 0 aliphatic carbocycles. The van der Waals surface area contributed by atoms with Crippen LogP contribution in [0.4, 0.5) is 0 Å². The summed E-state index contributed by atoms with van der Waals surface area (Å²) in [5, 5.41) is 0. The molecule has 2 atom stereocenters. The maximum Gasteiger partial charge on any atom is 0.174 e. The molecule has 0 aromatic rings. The highest BCUT2D eigenvalue weighted by Gasteiger charge is 2.27. The van der Waals surface area contributed by atoms with Gasteiger partial charge in [0.15, 0.2) is 7.85 Å². The van der Waals surface area contributed by atoms with Gasteiger partial charge in [-0.3, -0.25) is 0 Å². The SMILES string of the molecule is B[C@@H](OC)OC(C)(C)C(C)CCCC. The first-order valence-corrected chi connectivity index (χ1v) is 5.64. The number of methoxy groups -OCH3 is 1. The summed E-state index contributed by atoms with van der Waals surface area (Å²) in [6.45, 7) is 8.75. The minimum atomic E-state index is -0.117. The summed E-state index contributed by atoms with van der Waals surface area (Å²) < 4.78 is 10.9. The third-order valence-corrected chi connectivity index (χ3v) is 2.98. The van der Waals surface area contributed by atoms with Gasteiger partial charge in [0, 0.05) is 7.11 Å². The second kappa shape index (κ2) is 6.47. The smallest absolute Gasteiger partial charge is 0.174 e. The first-order chi connectivity index (χ1) is 6.44. The second-order valence-electron chi connectivity index (χ2n) is 4.57. The summed E-state index contributed by atoms with van der Waals surface area (Å²) in [6.07, 6.45) is 3.63. The Morgan fingerprint density at radius 2 is 1.93 bits per heavy atom. The van der Waals surface area contributed by atoms with Crippen molar-refractivity contribution < 1.29 is 9.47 Å². The monoisotopic (exact) mass is 200 g/mol. The van der Waals surface area contributed by atoms with E-state index in [1.165, 1.54) is 19.3 Å². The second-order valence-corrected chi connectivity index (χ2v) is 4.57. The number of hydrogen-bond donors (Lipinski definition) is 0. The van der Waals surface area contributed by atoms with Crippen LogP contribution in [-0.4, -0.2) is 26.7 Å². The Bertz CT molecular complexity index is 148. The average Bonchev–Trinajstić information content (AvgIpc) is 2.13. The van der Waals surface area contributed by atoms with E-state index in [2.05, 4.69) is 27.7 Å². The van der Waals surface area contributed by atoms with Crippen LogP contribution in [0.3, 0.4) is 0 Å². The minimum Gasteiger partial charge on any atom is -0.365 e. The molecule has 0 aromatic heterocycles. The Morgan fingerprint density at radius 1 is 1.36 bits per heavy atom. The molecule has 0 heterocycles. The molecule has 2 nitrogen and oxygen atoms in total. The van der Waals surface area contributed by atoms with Gasteiger partial charge in [0.25, 0.3) is 0 Å². The summed E-state index contributed by atoms with van der Waals surface area (Å²) >= 11 is 0. The molecular formula is C11H25BO2. The van der Waals surface area contributed by atoms with Crippen molar-refractivity contribution in [1.82, 2.24) is 0 Å². The summed E-state index contributed by atoms with van der Waals surface area (Å²) in [4.78, 5) is 0. The zero-order valence-corrected chi connectivity index (χ0v) is 10.6. The van der Waals surface area contributed by atoms with Crippen molar-refractivity contribution in [2.45, 2.75) is 58.7 Å². The van der Waals surface area contributed by atoms with Crippen LogP contribution >= 0.6 is 0 Å². The Balaban J connectivity index is 4.01. The molecule has 0 aromatic carbocycles. The van der Waals surface area contributed by atoms with Crippen LogP contribution in [0.2, 0.25) is 0 Å². The lowest BCUT2D eigenvalue weighted by Crippen LogP contribution is -2.37. The molecule has 0 N–H and O–H groups in total. The molecule has 0 spiro atoms. The maximum absolute atomic E-state index is 5.82. The van der Waals surface area contributed by atoms with Crippen molar-refractivity contribution in [1.29, 1.82) is 0 Å². The van der Waals surface area contributed by atoms with Gasteiger partial charge in [0.2, 0.25) is 0 Å². The molecule has 14 heavy (non-hydrogen) atoms. The summed E-state index contributed by atoms with van der Waals surface area (Å²) in [7, 11) is 3.62.